The molecule has 0 unspecified atom stereocenters. The van der Waals surface area contributed by atoms with Gasteiger partial charge >= 0.3 is 0 Å². The lowest BCUT2D eigenvalue weighted by molar-refractivity contribution is 0.440. The third kappa shape index (κ3) is 3.23. The fraction of sp³-hybridized carbons (Fsp3) is 0. The van der Waals surface area contributed by atoms with Crippen LogP contribution in [0.1, 0.15) is 5.56 Å². The summed E-state index contributed by atoms with van der Waals surface area (Å²) in [7, 11) is 0. The van der Waals surface area contributed by atoms with E-state index in [1.165, 1.54) is 12.1 Å². The zero-order valence-corrected chi connectivity index (χ0v) is 13.7. The highest BCUT2D eigenvalue weighted by Gasteiger charge is 2.15. The molecule has 0 heterocycles. The molecule has 0 radical (unpaired) electrons. The SMILES string of the molecule is NC(=S)c1ccc(Oc2ccc(Cl)cc2Cl)c(F)c1Br. The predicted octanol–water partition coefficient (Wildman–Crippen LogP) is 5.32. The minimum Gasteiger partial charge on any atom is -0.453 e. The van der Waals surface area contributed by atoms with E-state index in [2.05, 4.69) is 15.9 Å². The smallest absolute Gasteiger partial charge is 0.180 e. The Bertz CT molecular complexity index is 696. The molecule has 7 heteroatoms. The van der Waals surface area contributed by atoms with Gasteiger partial charge in [0.15, 0.2) is 11.6 Å². The first kappa shape index (κ1) is 15.5. The zero-order valence-electron chi connectivity index (χ0n) is 9.79. The summed E-state index contributed by atoms with van der Waals surface area (Å²) < 4.78 is 19.7. The molecule has 2 aromatic rings. The van der Waals surface area contributed by atoms with Crippen LogP contribution in [0, 0.1) is 5.82 Å². The van der Waals surface area contributed by atoms with Gasteiger partial charge in [-0.25, -0.2) is 4.39 Å². The first-order valence-electron chi connectivity index (χ1n) is 5.31. The van der Waals surface area contributed by atoms with Crippen molar-refractivity contribution in [2.75, 3.05) is 0 Å². The van der Waals surface area contributed by atoms with Gasteiger partial charge in [0, 0.05) is 10.6 Å². The summed E-state index contributed by atoms with van der Waals surface area (Å²) in [6, 6.07) is 7.65. The molecule has 2 nitrogen and oxygen atoms in total. The highest BCUT2D eigenvalue weighted by atomic mass is 79.9. The van der Waals surface area contributed by atoms with Crippen molar-refractivity contribution < 1.29 is 9.13 Å². The molecule has 0 atom stereocenters. The van der Waals surface area contributed by atoms with Crippen LogP contribution in [-0.4, -0.2) is 4.99 Å². The normalized spacial score (nSPS) is 10.4. The Hall–Kier alpha value is -0.880. The third-order valence-electron chi connectivity index (χ3n) is 2.43. The molecule has 0 spiro atoms. The first-order chi connectivity index (χ1) is 9.40. The van der Waals surface area contributed by atoms with Gasteiger partial charge in [-0.3, -0.25) is 0 Å². The lowest BCUT2D eigenvalue weighted by atomic mass is 10.2. The monoisotopic (exact) mass is 393 g/mol. The Balaban J connectivity index is 2.39. The Morgan fingerprint density at radius 1 is 1.20 bits per heavy atom. The molecule has 2 N–H and O–H groups in total. The number of thiocarbonyl (C=S) groups is 1. The number of hydrogen-bond acceptors (Lipinski definition) is 2. The average molecular weight is 395 g/mol. The second-order valence-corrected chi connectivity index (χ2v) is 5.86. The van der Waals surface area contributed by atoms with Gasteiger partial charge in [0.2, 0.25) is 0 Å². The molecule has 2 aromatic carbocycles. The number of rotatable bonds is 3. The maximum Gasteiger partial charge on any atom is 0.180 e. The number of ether oxygens (including phenoxy) is 1. The quantitative estimate of drug-likeness (QED) is 0.715. The molecule has 20 heavy (non-hydrogen) atoms. The molecular formula is C13H7BrCl2FNOS. The Morgan fingerprint density at radius 2 is 1.85 bits per heavy atom. The molecule has 0 aromatic heterocycles. The molecule has 0 aliphatic carbocycles. The summed E-state index contributed by atoms with van der Waals surface area (Å²) in [5.74, 6) is -0.313. The number of hydrogen-bond donors (Lipinski definition) is 1. The van der Waals surface area contributed by atoms with Gasteiger partial charge in [0.05, 0.1) is 9.50 Å². The maximum absolute atomic E-state index is 14.2. The van der Waals surface area contributed by atoms with Crippen LogP contribution in [0.15, 0.2) is 34.8 Å². The van der Waals surface area contributed by atoms with Crippen molar-refractivity contribution in [3.8, 4) is 11.5 Å². The first-order valence-corrected chi connectivity index (χ1v) is 7.26. The van der Waals surface area contributed by atoms with Crippen LogP contribution < -0.4 is 10.5 Å². The molecule has 0 fully saturated rings. The maximum atomic E-state index is 14.2. The van der Waals surface area contributed by atoms with E-state index >= 15 is 0 Å². The van der Waals surface area contributed by atoms with E-state index in [9.17, 15) is 4.39 Å². The van der Waals surface area contributed by atoms with Crippen LogP contribution in [0.5, 0.6) is 11.5 Å². The van der Waals surface area contributed by atoms with E-state index in [1.54, 1.807) is 18.2 Å². The molecule has 0 saturated carbocycles. The summed E-state index contributed by atoms with van der Waals surface area (Å²) in [5, 5.41) is 0.749. The lowest BCUT2D eigenvalue weighted by Crippen LogP contribution is -2.11. The van der Waals surface area contributed by atoms with E-state index in [0.717, 1.165) is 0 Å². The van der Waals surface area contributed by atoms with Crippen LogP contribution in [-0.2, 0) is 0 Å². The minimum atomic E-state index is -0.610. The van der Waals surface area contributed by atoms with Crippen LogP contribution in [0.4, 0.5) is 4.39 Å². The highest BCUT2D eigenvalue weighted by molar-refractivity contribution is 9.10. The lowest BCUT2D eigenvalue weighted by Gasteiger charge is -2.11. The second kappa shape index (κ2) is 6.26. The second-order valence-electron chi connectivity index (χ2n) is 3.78. The Labute approximate surface area is 138 Å². The van der Waals surface area contributed by atoms with Gasteiger partial charge < -0.3 is 10.5 Å². The summed E-state index contributed by atoms with van der Waals surface area (Å²) in [6.45, 7) is 0. The van der Waals surface area contributed by atoms with Gasteiger partial charge in [-0.15, -0.1) is 0 Å². The van der Waals surface area contributed by atoms with Crippen molar-refractivity contribution in [3.05, 3.63) is 56.2 Å². The van der Waals surface area contributed by atoms with E-state index in [-0.39, 0.29) is 20.2 Å². The number of halogens is 4. The van der Waals surface area contributed by atoms with Crippen molar-refractivity contribution in [3.63, 3.8) is 0 Å². The van der Waals surface area contributed by atoms with E-state index in [0.29, 0.717) is 16.3 Å². The molecule has 104 valence electrons. The molecule has 2 rings (SSSR count). The van der Waals surface area contributed by atoms with Crippen molar-refractivity contribution in [2.24, 2.45) is 5.73 Å². The third-order valence-corrected chi connectivity index (χ3v) is 3.95. The fourth-order valence-corrected chi connectivity index (χ4v) is 2.77. The van der Waals surface area contributed by atoms with Crippen molar-refractivity contribution in [2.45, 2.75) is 0 Å². The predicted molar refractivity (Wildman–Crippen MR) is 86.5 cm³/mol. The standard InChI is InChI=1S/C13H7BrCl2FNOS/c14-11-7(13(18)20)2-4-10(12(11)17)19-9-3-1-6(15)5-8(9)16/h1-5H,(H2,18,20). The summed E-state index contributed by atoms with van der Waals surface area (Å²) >= 11 is 19.7. The minimum absolute atomic E-state index is 0.00102. The molecule has 0 saturated heterocycles. The van der Waals surface area contributed by atoms with Gasteiger partial charge in [0.1, 0.15) is 10.7 Å². The van der Waals surface area contributed by atoms with Crippen molar-refractivity contribution in [1.82, 2.24) is 0 Å². The van der Waals surface area contributed by atoms with Crippen molar-refractivity contribution >= 4 is 56.3 Å². The average Bonchev–Trinajstić information content (AvgIpc) is 2.37. The van der Waals surface area contributed by atoms with Crippen LogP contribution >= 0.6 is 51.3 Å². The molecular weight excluding hydrogens is 388 g/mol. The van der Waals surface area contributed by atoms with Gasteiger partial charge in [-0.2, -0.15) is 0 Å². The molecule has 0 aliphatic rings. The van der Waals surface area contributed by atoms with Crippen molar-refractivity contribution in [1.29, 1.82) is 0 Å². The number of nitrogens with two attached hydrogens (primary N) is 1. The van der Waals surface area contributed by atoms with Crippen LogP contribution in [0.3, 0.4) is 0 Å². The van der Waals surface area contributed by atoms with Crippen LogP contribution in [0.2, 0.25) is 10.0 Å². The van der Waals surface area contributed by atoms with Gasteiger partial charge in [-0.1, -0.05) is 35.4 Å². The Kier molecular flexibility index (Phi) is 4.86. The molecule has 0 bridgehead atoms. The largest absolute Gasteiger partial charge is 0.453 e. The summed E-state index contributed by atoms with van der Waals surface area (Å²) in [5.41, 5.74) is 5.88. The molecule has 0 aliphatic heterocycles. The van der Waals surface area contributed by atoms with E-state index in [4.69, 9.17) is 45.9 Å². The van der Waals surface area contributed by atoms with E-state index < -0.39 is 5.82 Å². The van der Waals surface area contributed by atoms with Gasteiger partial charge in [-0.05, 0) is 46.3 Å². The zero-order chi connectivity index (χ0) is 14.9. The van der Waals surface area contributed by atoms with E-state index in [1.807, 2.05) is 0 Å². The summed E-state index contributed by atoms with van der Waals surface area (Å²) in [6.07, 6.45) is 0. The van der Waals surface area contributed by atoms with Crippen LogP contribution in [0.25, 0.3) is 0 Å². The van der Waals surface area contributed by atoms with Gasteiger partial charge in [0.25, 0.3) is 0 Å². The Morgan fingerprint density at radius 3 is 2.45 bits per heavy atom. The highest BCUT2D eigenvalue weighted by Crippen LogP contribution is 2.35. The number of benzene rings is 2. The fourth-order valence-electron chi connectivity index (χ4n) is 1.48. The topological polar surface area (TPSA) is 35.2 Å². The summed E-state index contributed by atoms with van der Waals surface area (Å²) in [4.78, 5) is 0.0897. The molecule has 0 amide bonds.